The van der Waals surface area contributed by atoms with Crippen molar-refractivity contribution in [2.75, 3.05) is 33.0 Å². The number of hydrogen-bond acceptors (Lipinski definition) is 5. The van der Waals surface area contributed by atoms with Gasteiger partial charge in [-0.15, -0.1) is 6.58 Å². The maximum Gasteiger partial charge on any atom is 0.124 e. The Morgan fingerprint density at radius 3 is 1.97 bits per heavy atom. The first-order valence-corrected chi connectivity index (χ1v) is 11.5. The maximum absolute atomic E-state index is 6.01. The summed E-state index contributed by atoms with van der Waals surface area (Å²) in [6.45, 7) is 14.4. The topological polar surface area (TPSA) is 52.8 Å². The first-order chi connectivity index (χ1) is 15.5. The van der Waals surface area contributed by atoms with Gasteiger partial charge in [-0.3, -0.25) is 0 Å². The molecule has 2 aromatic rings. The molecule has 0 N–H and O–H groups in total. The Kier molecular flexibility index (Phi) is 7.19. The Morgan fingerprint density at radius 1 is 0.938 bits per heavy atom. The molecule has 32 heavy (non-hydrogen) atoms. The van der Waals surface area contributed by atoms with E-state index in [0.717, 1.165) is 42.3 Å². The number of benzene rings is 2. The SMILES string of the molecule is C=CCc1cc(C(C)(C)c2ccc(OCC3CO3)c(COCC)c2)ccc1OCC1CO1. The summed E-state index contributed by atoms with van der Waals surface area (Å²) >= 11 is 0. The molecule has 0 radical (unpaired) electrons. The predicted molar refractivity (Wildman–Crippen MR) is 125 cm³/mol. The van der Waals surface area contributed by atoms with Crippen LogP contribution in [0.1, 0.15) is 43.0 Å². The molecular formula is C27H34O5. The number of rotatable bonds is 13. The van der Waals surface area contributed by atoms with E-state index in [0.29, 0.717) is 26.4 Å². The lowest BCUT2D eigenvalue weighted by atomic mass is 9.77. The van der Waals surface area contributed by atoms with Crippen LogP contribution in [0.4, 0.5) is 0 Å². The molecule has 2 aliphatic heterocycles. The smallest absolute Gasteiger partial charge is 0.124 e. The van der Waals surface area contributed by atoms with Gasteiger partial charge in [0, 0.05) is 17.6 Å². The van der Waals surface area contributed by atoms with Crippen molar-refractivity contribution in [2.24, 2.45) is 0 Å². The van der Waals surface area contributed by atoms with Crippen molar-refractivity contribution in [3.63, 3.8) is 0 Å². The Labute approximate surface area is 191 Å². The highest BCUT2D eigenvalue weighted by molar-refractivity contribution is 5.48. The van der Waals surface area contributed by atoms with Crippen LogP contribution in [0, 0.1) is 0 Å². The molecule has 0 bridgehead atoms. The summed E-state index contributed by atoms with van der Waals surface area (Å²) in [6.07, 6.45) is 3.14. The Bertz CT molecular complexity index is 928. The molecule has 0 saturated carbocycles. The van der Waals surface area contributed by atoms with Crippen LogP contribution in [0.15, 0.2) is 49.1 Å². The summed E-state index contributed by atoms with van der Waals surface area (Å²) in [6, 6.07) is 12.9. The minimum absolute atomic E-state index is 0.201. The van der Waals surface area contributed by atoms with Gasteiger partial charge >= 0.3 is 0 Å². The van der Waals surface area contributed by atoms with Crippen LogP contribution in [-0.2, 0) is 32.7 Å². The second-order valence-electron chi connectivity index (χ2n) is 8.93. The molecule has 2 aliphatic rings. The van der Waals surface area contributed by atoms with Crippen molar-refractivity contribution in [3.05, 3.63) is 71.3 Å². The predicted octanol–water partition coefficient (Wildman–Crippen LogP) is 4.83. The van der Waals surface area contributed by atoms with Gasteiger partial charge in [-0.25, -0.2) is 0 Å². The molecule has 0 aromatic heterocycles. The van der Waals surface area contributed by atoms with E-state index in [1.54, 1.807) is 0 Å². The fourth-order valence-electron chi connectivity index (χ4n) is 3.72. The van der Waals surface area contributed by atoms with Crippen LogP contribution in [0.25, 0.3) is 0 Å². The van der Waals surface area contributed by atoms with Crippen LogP contribution >= 0.6 is 0 Å². The fraction of sp³-hybridized carbons (Fsp3) is 0.481. The maximum atomic E-state index is 6.01. The van der Waals surface area contributed by atoms with Crippen LogP contribution in [0.5, 0.6) is 11.5 Å². The number of epoxide rings is 2. The third-order valence-electron chi connectivity index (χ3n) is 6.04. The van der Waals surface area contributed by atoms with Crippen LogP contribution in [-0.4, -0.2) is 45.2 Å². The highest BCUT2D eigenvalue weighted by Crippen LogP contribution is 2.37. The van der Waals surface area contributed by atoms with Gasteiger partial charge < -0.3 is 23.7 Å². The summed E-state index contributed by atoms with van der Waals surface area (Å²) in [5.74, 6) is 1.77. The minimum Gasteiger partial charge on any atom is -0.490 e. The Hall–Kier alpha value is -2.34. The van der Waals surface area contributed by atoms with E-state index in [1.807, 2.05) is 13.0 Å². The second kappa shape index (κ2) is 10.1. The third kappa shape index (κ3) is 5.71. The summed E-state index contributed by atoms with van der Waals surface area (Å²) in [7, 11) is 0. The lowest BCUT2D eigenvalue weighted by Gasteiger charge is -2.28. The summed E-state index contributed by atoms with van der Waals surface area (Å²) in [5.41, 5.74) is 4.45. The summed E-state index contributed by atoms with van der Waals surface area (Å²) < 4.78 is 28.3. The molecule has 4 rings (SSSR count). The van der Waals surface area contributed by atoms with E-state index in [1.165, 1.54) is 11.1 Å². The number of hydrogen-bond donors (Lipinski definition) is 0. The van der Waals surface area contributed by atoms with Gasteiger partial charge in [-0.1, -0.05) is 38.1 Å². The molecule has 2 heterocycles. The minimum atomic E-state index is -0.201. The molecule has 5 heteroatoms. The van der Waals surface area contributed by atoms with Crippen molar-refractivity contribution in [1.82, 2.24) is 0 Å². The lowest BCUT2D eigenvalue weighted by molar-refractivity contribution is 0.130. The average molecular weight is 439 g/mol. The van der Waals surface area contributed by atoms with E-state index in [4.69, 9.17) is 23.7 Å². The molecule has 2 atom stereocenters. The first kappa shape index (κ1) is 22.8. The van der Waals surface area contributed by atoms with Gasteiger partial charge in [-0.2, -0.15) is 0 Å². The fourth-order valence-corrected chi connectivity index (χ4v) is 3.72. The van der Waals surface area contributed by atoms with Gasteiger partial charge in [0.25, 0.3) is 0 Å². The summed E-state index contributed by atoms with van der Waals surface area (Å²) in [5, 5.41) is 0. The van der Waals surface area contributed by atoms with Crippen LogP contribution in [0.2, 0.25) is 0 Å². The molecule has 2 unspecified atom stereocenters. The zero-order valence-electron chi connectivity index (χ0n) is 19.4. The molecule has 0 aliphatic carbocycles. The zero-order valence-corrected chi connectivity index (χ0v) is 19.4. The number of allylic oxidation sites excluding steroid dienone is 1. The van der Waals surface area contributed by atoms with E-state index in [2.05, 4.69) is 56.8 Å². The van der Waals surface area contributed by atoms with Gasteiger partial charge in [0.2, 0.25) is 0 Å². The van der Waals surface area contributed by atoms with E-state index < -0.39 is 0 Å². The van der Waals surface area contributed by atoms with Gasteiger partial charge in [0.1, 0.15) is 36.9 Å². The quantitative estimate of drug-likeness (QED) is 0.331. The Morgan fingerprint density at radius 2 is 1.47 bits per heavy atom. The van der Waals surface area contributed by atoms with Crippen LogP contribution < -0.4 is 9.47 Å². The number of ether oxygens (including phenoxy) is 5. The molecule has 2 fully saturated rings. The zero-order chi connectivity index (χ0) is 22.6. The second-order valence-corrected chi connectivity index (χ2v) is 8.93. The van der Waals surface area contributed by atoms with Crippen molar-refractivity contribution >= 4 is 0 Å². The monoisotopic (exact) mass is 438 g/mol. The molecule has 0 spiro atoms. The normalized spacial score (nSPS) is 19.5. The Balaban J connectivity index is 1.58. The van der Waals surface area contributed by atoms with Crippen molar-refractivity contribution < 1.29 is 23.7 Å². The van der Waals surface area contributed by atoms with Crippen LogP contribution in [0.3, 0.4) is 0 Å². The van der Waals surface area contributed by atoms with Crippen molar-refractivity contribution in [1.29, 1.82) is 0 Å². The highest BCUT2D eigenvalue weighted by Gasteiger charge is 2.28. The van der Waals surface area contributed by atoms with E-state index >= 15 is 0 Å². The molecule has 172 valence electrons. The third-order valence-corrected chi connectivity index (χ3v) is 6.04. The average Bonchev–Trinajstić information content (AvgIpc) is 3.70. The van der Waals surface area contributed by atoms with Gasteiger partial charge in [0.05, 0.1) is 19.8 Å². The van der Waals surface area contributed by atoms with E-state index in [-0.39, 0.29) is 17.6 Å². The van der Waals surface area contributed by atoms with Crippen molar-refractivity contribution in [2.45, 2.75) is 51.4 Å². The van der Waals surface area contributed by atoms with Gasteiger partial charge in [-0.05, 0) is 48.2 Å². The summed E-state index contributed by atoms with van der Waals surface area (Å²) in [4.78, 5) is 0. The lowest BCUT2D eigenvalue weighted by Crippen LogP contribution is -2.20. The molecule has 0 amide bonds. The molecule has 2 saturated heterocycles. The standard InChI is InChI=1S/C27H34O5/c1-5-7-19-12-21(8-10-25(19)31-17-23-15-29-23)27(3,4)22-9-11-26(32-18-24-16-30-24)20(13-22)14-28-6-2/h5,8-13,23-24H,1,6-7,14-18H2,2-4H3. The van der Waals surface area contributed by atoms with Crippen molar-refractivity contribution in [3.8, 4) is 11.5 Å². The largest absolute Gasteiger partial charge is 0.490 e. The van der Waals surface area contributed by atoms with E-state index in [9.17, 15) is 0 Å². The molecular weight excluding hydrogens is 404 g/mol. The molecule has 5 nitrogen and oxygen atoms in total. The molecule has 2 aromatic carbocycles. The first-order valence-electron chi connectivity index (χ1n) is 11.5. The van der Waals surface area contributed by atoms with Gasteiger partial charge in [0.15, 0.2) is 0 Å². The highest BCUT2D eigenvalue weighted by atomic mass is 16.6.